The fourth-order valence-electron chi connectivity index (χ4n) is 1.10. The molecule has 0 saturated heterocycles. The molecule has 4 heteroatoms. The maximum Gasteiger partial charge on any atom is 0.272 e. The van der Waals surface area contributed by atoms with Crippen molar-refractivity contribution in [3.05, 3.63) is 0 Å². The van der Waals surface area contributed by atoms with Gasteiger partial charge in [-0.25, -0.2) is 0 Å². The molecule has 0 aromatic rings. The number of carbonyl (C=O) groups is 1. The van der Waals surface area contributed by atoms with Crippen molar-refractivity contribution < 1.29 is 13.9 Å². The summed E-state index contributed by atoms with van der Waals surface area (Å²) in [6, 6.07) is 0. The molecule has 0 aliphatic heterocycles. The Morgan fingerprint density at radius 2 is 1.43 bits per heavy atom. The molecule has 1 atom stereocenters. The van der Waals surface area contributed by atoms with E-state index in [1.165, 1.54) is 7.11 Å². The highest BCUT2D eigenvalue weighted by molar-refractivity contribution is 7.77. The van der Waals surface area contributed by atoms with Gasteiger partial charge in [0.1, 0.15) is 0 Å². The van der Waals surface area contributed by atoms with Gasteiger partial charge in [0.15, 0.2) is 0 Å². The summed E-state index contributed by atoms with van der Waals surface area (Å²) < 4.78 is 17.4. The summed E-state index contributed by atoms with van der Waals surface area (Å²) in [4.78, 5) is 12.0. The smallest absolute Gasteiger partial charge is 0.272 e. The van der Waals surface area contributed by atoms with Gasteiger partial charge in [-0.2, -0.15) is 0 Å². The summed E-state index contributed by atoms with van der Waals surface area (Å²) >= 11 is 0. The molecular weight excluding hydrogens is 199 g/mol. The first-order chi connectivity index (χ1) is 5.97. The normalized spacial score (nSPS) is 17.6. The van der Waals surface area contributed by atoms with Crippen LogP contribution in [0.2, 0.25) is 0 Å². The molecule has 0 aliphatic rings. The zero-order chi connectivity index (χ0) is 11.8. The molecule has 0 bridgehead atoms. The molecule has 84 valence electrons. The van der Waals surface area contributed by atoms with E-state index >= 15 is 0 Å². The maximum atomic E-state index is 12.4. The second kappa shape index (κ2) is 3.79. The van der Waals surface area contributed by atoms with Crippen molar-refractivity contribution in [1.29, 1.82) is 0 Å². The van der Waals surface area contributed by atoms with Crippen molar-refractivity contribution in [2.24, 2.45) is 5.41 Å². The van der Waals surface area contributed by atoms with Crippen molar-refractivity contribution in [3.63, 3.8) is 0 Å². The van der Waals surface area contributed by atoms with E-state index in [9.17, 15) is 9.36 Å². The zero-order valence-electron chi connectivity index (χ0n) is 10.2. The van der Waals surface area contributed by atoms with Crippen molar-refractivity contribution in [2.75, 3.05) is 7.11 Å². The van der Waals surface area contributed by atoms with E-state index in [1.807, 2.05) is 0 Å². The quantitative estimate of drug-likeness (QED) is 0.671. The molecule has 0 aliphatic carbocycles. The van der Waals surface area contributed by atoms with E-state index in [-0.39, 0.29) is 5.52 Å². The summed E-state index contributed by atoms with van der Waals surface area (Å²) in [5.74, 6) is 0. The molecule has 0 N–H and O–H groups in total. The van der Waals surface area contributed by atoms with Gasteiger partial charge < -0.3 is 4.52 Å². The molecule has 0 saturated carbocycles. The minimum Gasteiger partial charge on any atom is -0.326 e. The van der Waals surface area contributed by atoms with Gasteiger partial charge in [-0.05, 0) is 0 Å². The Balaban J connectivity index is 5.31. The number of carbonyl (C=O) groups excluding carboxylic acids is 1. The summed E-state index contributed by atoms with van der Waals surface area (Å²) in [7, 11) is -1.89. The largest absolute Gasteiger partial charge is 0.326 e. The predicted molar refractivity (Wildman–Crippen MR) is 58.8 cm³/mol. The molecule has 0 amide bonds. The van der Waals surface area contributed by atoms with Crippen LogP contribution in [0.4, 0.5) is 0 Å². The Morgan fingerprint density at radius 1 is 1.07 bits per heavy atom. The summed E-state index contributed by atoms with van der Waals surface area (Å²) in [6.07, 6.45) is 0. The zero-order valence-corrected chi connectivity index (χ0v) is 11.1. The highest BCUT2D eigenvalue weighted by Gasteiger charge is 2.48. The molecular formula is C10H21O3P. The first-order valence-corrected chi connectivity index (χ1v) is 6.30. The Bertz CT molecular complexity index is 268. The van der Waals surface area contributed by atoms with Crippen LogP contribution in [-0.2, 0) is 13.9 Å². The lowest BCUT2D eigenvalue weighted by Gasteiger charge is -2.32. The van der Waals surface area contributed by atoms with Crippen LogP contribution in [0.25, 0.3) is 0 Å². The van der Waals surface area contributed by atoms with E-state index in [0.29, 0.717) is 0 Å². The molecule has 0 aromatic heterocycles. The third kappa shape index (κ3) is 2.46. The third-order valence-corrected chi connectivity index (χ3v) is 5.54. The van der Waals surface area contributed by atoms with Crippen molar-refractivity contribution in [1.82, 2.24) is 0 Å². The average Bonchev–Trinajstić information content (AvgIpc) is 1.97. The van der Waals surface area contributed by atoms with Crippen molar-refractivity contribution >= 4 is 12.9 Å². The minimum atomic E-state index is -3.24. The minimum absolute atomic E-state index is 0.292. The van der Waals surface area contributed by atoms with Gasteiger partial charge in [0.05, 0.1) is 0 Å². The van der Waals surface area contributed by atoms with Crippen LogP contribution in [0.3, 0.4) is 0 Å². The highest BCUT2D eigenvalue weighted by atomic mass is 31.2. The van der Waals surface area contributed by atoms with E-state index < -0.39 is 17.9 Å². The van der Waals surface area contributed by atoms with E-state index in [2.05, 4.69) is 0 Å². The van der Waals surface area contributed by atoms with E-state index in [4.69, 9.17) is 4.52 Å². The Hall–Kier alpha value is -0.140. The Labute approximate surface area is 86.7 Å². The van der Waals surface area contributed by atoms with Gasteiger partial charge in [-0.1, -0.05) is 41.5 Å². The molecule has 0 unspecified atom stereocenters. The lowest BCUT2D eigenvalue weighted by Crippen LogP contribution is -2.29. The fraction of sp³-hybridized carbons (Fsp3) is 0.900. The molecule has 0 rings (SSSR count). The van der Waals surface area contributed by atoms with Gasteiger partial charge in [-0.3, -0.25) is 9.36 Å². The number of hydrogen-bond acceptors (Lipinski definition) is 3. The molecule has 0 spiro atoms. The monoisotopic (exact) mass is 220 g/mol. The van der Waals surface area contributed by atoms with Crippen LogP contribution in [0.15, 0.2) is 0 Å². The number of rotatable bonds is 2. The molecule has 0 radical (unpaired) electrons. The lowest BCUT2D eigenvalue weighted by atomic mass is 9.99. The summed E-state index contributed by atoms with van der Waals surface area (Å²) in [5.41, 5.74) is -0.918. The van der Waals surface area contributed by atoms with E-state index in [1.54, 1.807) is 41.5 Å². The molecule has 0 fully saturated rings. The molecule has 0 aromatic carbocycles. The highest BCUT2D eigenvalue weighted by Crippen LogP contribution is 2.61. The van der Waals surface area contributed by atoms with Gasteiger partial charge in [0.25, 0.3) is 7.37 Å². The van der Waals surface area contributed by atoms with Crippen LogP contribution in [0, 0.1) is 5.41 Å². The first-order valence-electron chi connectivity index (χ1n) is 4.67. The number of hydrogen-bond donors (Lipinski definition) is 0. The second-order valence-electron chi connectivity index (χ2n) is 5.46. The molecule has 0 heterocycles. The topological polar surface area (TPSA) is 43.4 Å². The predicted octanol–water partition coefficient (Wildman–Crippen LogP) is 3.28. The van der Waals surface area contributed by atoms with Crippen LogP contribution < -0.4 is 0 Å². The van der Waals surface area contributed by atoms with Gasteiger partial charge in [-0.15, -0.1) is 0 Å². The maximum absolute atomic E-state index is 12.4. The molecule has 3 nitrogen and oxygen atoms in total. The first kappa shape index (κ1) is 13.9. The SMILES string of the molecule is CO[P@@](=O)(C(=O)C(C)(C)C)C(C)(C)C. The van der Waals surface area contributed by atoms with Crippen LogP contribution in [-0.4, -0.2) is 17.8 Å². The van der Waals surface area contributed by atoms with Crippen LogP contribution in [0.1, 0.15) is 41.5 Å². The van der Waals surface area contributed by atoms with Crippen molar-refractivity contribution in [2.45, 2.75) is 46.7 Å². The average molecular weight is 220 g/mol. The Morgan fingerprint density at radius 3 is 1.50 bits per heavy atom. The van der Waals surface area contributed by atoms with Gasteiger partial charge in [0, 0.05) is 17.7 Å². The van der Waals surface area contributed by atoms with Crippen LogP contribution in [0.5, 0.6) is 0 Å². The third-order valence-electron chi connectivity index (χ3n) is 2.05. The van der Waals surface area contributed by atoms with Gasteiger partial charge >= 0.3 is 0 Å². The standard InChI is InChI=1S/C10H21O3P/c1-9(2,3)8(11)14(12,13-7)10(4,5)6/h1-7H3/t14-/m0/s1. The summed E-state index contributed by atoms with van der Waals surface area (Å²) in [6.45, 7) is 10.6. The van der Waals surface area contributed by atoms with Crippen LogP contribution >= 0.6 is 7.37 Å². The van der Waals surface area contributed by atoms with Crippen molar-refractivity contribution in [3.8, 4) is 0 Å². The second-order valence-corrected chi connectivity index (χ2v) is 8.68. The summed E-state index contributed by atoms with van der Waals surface area (Å²) in [5, 5.41) is -0.633. The lowest BCUT2D eigenvalue weighted by molar-refractivity contribution is -0.119. The fourth-order valence-corrected chi connectivity index (χ4v) is 3.31. The molecule has 14 heavy (non-hydrogen) atoms. The van der Waals surface area contributed by atoms with Gasteiger partial charge in [0.2, 0.25) is 5.52 Å². The van der Waals surface area contributed by atoms with E-state index in [0.717, 1.165) is 0 Å². The Kier molecular flexibility index (Phi) is 3.75.